The minimum absolute atomic E-state index is 0.219. The van der Waals surface area contributed by atoms with Gasteiger partial charge < -0.3 is 14.9 Å². The summed E-state index contributed by atoms with van der Waals surface area (Å²) in [6.45, 7) is 4.77. The first-order valence-corrected chi connectivity index (χ1v) is 12.8. The molecule has 2 aromatic carbocycles. The maximum Gasteiger partial charge on any atom is 0.335 e. The van der Waals surface area contributed by atoms with Gasteiger partial charge in [0.2, 0.25) is 10.0 Å². The normalized spacial score (nSPS) is 15.0. The Hall–Kier alpha value is -2.46. The van der Waals surface area contributed by atoms with Crippen LogP contribution in [0.25, 0.3) is 0 Å². The van der Waals surface area contributed by atoms with Crippen molar-refractivity contribution in [1.29, 1.82) is 0 Å². The lowest BCUT2D eigenvalue weighted by atomic mass is 10.1. The predicted octanol–water partition coefficient (Wildman–Crippen LogP) is 3.45. The Labute approximate surface area is 196 Å². The van der Waals surface area contributed by atoms with E-state index in [1.165, 1.54) is 4.31 Å². The molecule has 1 N–H and O–H groups in total. The highest BCUT2D eigenvalue weighted by Crippen LogP contribution is 2.30. The molecule has 0 aliphatic carbocycles. The van der Waals surface area contributed by atoms with E-state index in [0.29, 0.717) is 38.5 Å². The van der Waals surface area contributed by atoms with Crippen molar-refractivity contribution in [2.45, 2.75) is 37.6 Å². The van der Waals surface area contributed by atoms with Crippen molar-refractivity contribution in [2.24, 2.45) is 0 Å². The Bertz CT molecular complexity index is 1020. The molecule has 8 nitrogen and oxygen atoms in total. The largest absolute Gasteiger partial charge is 0.478 e. The van der Waals surface area contributed by atoms with Crippen LogP contribution in [0.3, 0.4) is 0 Å². The van der Waals surface area contributed by atoms with Gasteiger partial charge in [0.25, 0.3) is 0 Å². The second kappa shape index (κ2) is 11.6. The van der Waals surface area contributed by atoms with Gasteiger partial charge in [-0.15, -0.1) is 0 Å². The first kappa shape index (κ1) is 25.2. The van der Waals surface area contributed by atoms with Crippen LogP contribution in [0, 0.1) is 0 Å². The van der Waals surface area contributed by atoms with Crippen molar-refractivity contribution >= 4 is 21.7 Å². The molecule has 2 aromatic rings. The maximum atomic E-state index is 13.5. The highest BCUT2D eigenvalue weighted by atomic mass is 32.2. The molecule has 1 fully saturated rings. The summed E-state index contributed by atoms with van der Waals surface area (Å²) < 4.78 is 33.9. The van der Waals surface area contributed by atoms with Crippen LogP contribution >= 0.6 is 0 Å². The van der Waals surface area contributed by atoms with Crippen molar-refractivity contribution < 1.29 is 23.1 Å². The van der Waals surface area contributed by atoms with E-state index in [0.717, 1.165) is 31.4 Å². The number of unbranched alkanes of at least 4 members (excludes halogenated alkanes) is 2. The Morgan fingerprint density at radius 1 is 1.06 bits per heavy atom. The second-order valence-corrected chi connectivity index (χ2v) is 10.0. The van der Waals surface area contributed by atoms with Gasteiger partial charge in [-0.3, -0.25) is 0 Å². The van der Waals surface area contributed by atoms with Crippen LogP contribution in [0.2, 0.25) is 0 Å². The molecule has 0 saturated carbocycles. The van der Waals surface area contributed by atoms with Gasteiger partial charge in [0.1, 0.15) is 4.90 Å². The molecular formula is C24H33N3O5S. The molecule has 1 aliphatic rings. The molecule has 0 bridgehead atoms. The van der Waals surface area contributed by atoms with E-state index < -0.39 is 16.0 Å². The number of rotatable bonds is 11. The molecule has 3 rings (SSSR count). The Kier molecular flexibility index (Phi) is 8.85. The number of benzene rings is 2. The van der Waals surface area contributed by atoms with Gasteiger partial charge in [-0.05, 0) is 36.2 Å². The molecule has 0 unspecified atom stereocenters. The third kappa shape index (κ3) is 6.32. The molecule has 1 saturated heterocycles. The number of carboxylic acids is 1. The monoisotopic (exact) mass is 475 g/mol. The third-order valence-corrected chi connectivity index (χ3v) is 7.71. The van der Waals surface area contributed by atoms with Crippen molar-refractivity contribution in [3.8, 4) is 0 Å². The Balaban J connectivity index is 1.97. The smallest absolute Gasteiger partial charge is 0.335 e. The third-order valence-electron chi connectivity index (χ3n) is 5.76. The Morgan fingerprint density at radius 3 is 2.36 bits per heavy atom. The van der Waals surface area contributed by atoms with Gasteiger partial charge in [-0.1, -0.05) is 44.0 Å². The van der Waals surface area contributed by atoms with E-state index >= 15 is 0 Å². The number of sulfonamides is 1. The summed E-state index contributed by atoms with van der Waals surface area (Å²) >= 11 is 0. The molecule has 9 heteroatoms. The lowest BCUT2D eigenvalue weighted by Gasteiger charge is -2.36. The van der Waals surface area contributed by atoms with E-state index in [2.05, 4.69) is 11.9 Å². The molecule has 0 aromatic heterocycles. The number of anilines is 1. The highest BCUT2D eigenvalue weighted by molar-refractivity contribution is 7.89. The minimum Gasteiger partial charge on any atom is -0.478 e. The number of aromatic carboxylic acids is 1. The summed E-state index contributed by atoms with van der Waals surface area (Å²) in [7, 11) is -1.74. The average molecular weight is 476 g/mol. The molecule has 1 heterocycles. The average Bonchev–Trinajstić information content (AvgIpc) is 2.83. The van der Waals surface area contributed by atoms with Crippen molar-refractivity contribution in [3.05, 3.63) is 59.7 Å². The van der Waals surface area contributed by atoms with E-state index in [-0.39, 0.29) is 10.5 Å². The van der Waals surface area contributed by atoms with E-state index in [1.54, 1.807) is 36.4 Å². The Morgan fingerprint density at radius 2 is 1.73 bits per heavy atom. The zero-order valence-corrected chi connectivity index (χ0v) is 20.1. The van der Waals surface area contributed by atoms with Crippen molar-refractivity contribution in [2.75, 3.05) is 44.9 Å². The van der Waals surface area contributed by atoms with Gasteiger partial charge >= 0.3 is 5.97 Å². The number of hydrogen-bond donors (Lipinski definition) is 1. The zero-order chi connectivity index (χ0) is 23.8. The van der Waals surface area contributed by atoms with Crippen LogP contribution in [0.4, 0.5) is 5.69 Å². The molecule has 180 valence electrons. The fourth-order valence-electron chi connectivity index (χ4n) is 3.84. The molecule has 0 amide bonds. The number of morpholine rings is 1. The lowest BCUT2D eigenvalue weighted by Crippen LogP contribution is -2.43. The fourth-order valence-corrected chi connectivity index (χ4v) is 5.44. The summed E-state index contributed by atoms with van der Waals surface area (Å²) in [4.78, 5) is 11.5. The van der Waals surface area contributed by atoms with Crippen LogP contribution in [0.1, 0.15) is 42.1 Å². The van der Waals surface area contributed by atoms with Crippen LogP contribution in [0.5, 0.6) is 0 Å². The van der Waals surface area contributed by atoms with Crippen LogP contribution in [-0.4, -0.2) is 68.7 Å². The second-order valence-electron chi connectivity index (χ2n) is 8.13. The van der Waals surface area contributed by atoms with Gasteiger partial charge in [-0.25, -0.2) is 18.2 Å². The molecular weight excluding hydrogens is 442 g/mol. The molecule has 33 heavy (non-hydrogen) atoms. The number of hydrazine groups is 1. The zero-order valence-electron chi connectivity index (χ0n) is 19.3. The number of ether oxygens (including phenoxy) is 1. The van der Waals surface area contributed by atoms with E-state index in [4.69, 9.17) is 4.74 Å². The van der Waals surface area contributed by atoms with Crippen LogP contribution in [0.15, 0.2) is 53.4 Å². The number of hydrogen-bond acceptors (Lipinski definition) is 6. The summed E-state index contributed by atoms with van der Waals surface area (Å²) in [6, 6.07) is 13.8. The fraction of sp³-hybridized carbons (Fsp3) is 0.458. The topological polar surface area (TPSA) is 90.4 Å². The quantitative estimate of drug-likeness (QED) is 0.393. The van der Waals surface area contributed by atoms with Crippen LogP contribution < -0.4 is 5.01 Å². The summed E-state index contributed by atoms with van der Waals surface area (Å²) in [5, 5.41) is 13.2. The van der Waals surface area contributed by atoms with Gasteiger partial charge in [0, 0.05) is 26.7 Å². The summed E-state index contributed by atoms with van der Waals surface area (Å²) in [5.41, 5.74) is 1.71. The number of para-hydroxylation sites is 1. The van der Waals surface area contributed by atoms with Gasteiger partial charge in [0.05, 0.1) is 31.0 Å². The van der Waals surface area contributed by atoms with Crippen LogP contribution in [-0.2, 0) is 21.3 Å². The first-order valence-electron chi connectivity index (χ1n) is 11.3. The van der Waals surface area contributed by atoms with E-state index in [9.17, 15) is 18.3 Å². The number of carboxylic acid groups (broad SMARTS) is 1. The van der Waals surface area contributed by atoms with Crippen molar-refractivity contribution in [1.82, 2.24) is 9.31 Å². The van der Waals surface area contributed by atoms with Crippen molar-refractivity contribution in [3.63, 3.8) is 0 Å². The van der Waals surface area contributed by atoms with Gasteiger partial charge in [0.15, 0.2) is 0 Å². The standard InChI is InChI=1S/C24H33N3O5S/c1-3-4-7-14-25(2)27(19-20-10-12-21(13-11-20)24(28)29)22-8-5-6-9-23(22)33(30,31)26-15-17-32-18-16-26/h5-6,8-13H,3-4,7,14-19H2,1-2H3,(H,28,29). The number of carbonyl (C=O) groups is 1. The molecule has 0 radical (unpaired) electrons. The lowest BCUT2D eigenvalue weighted by molar-refractivity contribution is 0.0697. The highest BCUT2D eigenvalue weighted by Gasteiger charge is 2.30. The maximum absolute atomic E-state index is 13.5. The first-order chi connectivity index (χ1) is 15.8. The minimum atomic E-state index is -3.70. The van der Waals surface area contributed by atoms with E-state index in [1.807, 2.05) is 24.2 Å². The SMILES string of the molecule is CCCCCN(C)N(Cc1ccc(C(=O)O)cc1)c1ccccc1S(=O)(=O)N1CCOCC1. The van der Waals surface area contributed by atoms with Gasteiger partial charge in [-0.2, -0.15) is 4.31 Å². The molecule has 0 atom stereocenters. The molecule has 1 aliphatic heterocycles. The molecule has 0 spiro atoms. The summed E-state index contributed by atoms with van der Waals surface area (Å²) in [6.07, 6.45) is 3.16. The summed E-state index contributed by atoms with van der Waals surface area (Å²) in [5.74, 6) is -0.975. The number of nitrogens with zero attached hydrogens (tertiary/aromatic N) is 3. The predicted molar refractivity (Wildman–Crippen MR) is 128 cm³/mol.